The molecular weight excluding hydrogens is 504 g/mol. The molecule has 0 saturated carbocycles. The molecule has 0 aliphatic carbocycles. The van der Waals surface area contributed by atoms with Crippen LogP contribution in [-0.2, 0) is 22.6 Å². The summed E-state index contributed by atoms with van der Waals surface area (Å²) in [5, 5.41) is 3.30. The van der Waals surface area contributed by atoms with Gasteiger partial charge in [-0.3, -0.25) is 9.59 Å². The second-order valence-electron chi connectivity index (χ2n) is 7.47. The molecule has 7 heteroatoms. The molecule has 33 heavy (non-hydrogen) atoms. The highest BCUT2D eigenvalue weighted by Gasteiger charge is 2.30. The summed E-state index contributed by atoms with van der Waals surface area (Å²) < 4.78 is 6.62. The van der Waals surface area contributed by atoms with Gasteiger partial charge in [0.2, 0.25) is 5.91 Å². The van der Waals surface area contributed by atoms with Crippen LogP contribution in [0.2, 0.25) is 5.02 Å². The molecule has 0 fully saturated rings. The van der Waals surface area contributed by atoms with Crippen molar-refractivity contribution in [3.05, 3.63) is 99.5 Å². The van der Waals surface area contributed by atoms with Crippen LogP contribution < -0.4 is 10.1 Å². The lowest BCUT2D eigenvalue weighted by atomic mass is 10.0. The predicted octanol–water partition coefficient (Wildman–Crippen LogP) is 5.26. The fourth-order valence-electron chi connectivity index (χ4n) is 3.46. The highest BCUT2D eigenvalue weighted by molar-refractivity contribution is 9.10. The minimum absolute atomic E-state index is 0.206. The average Bonchev–Trinajstić information content (AvgIpc) is 2.81. The Morgan fingerprint density at radius 3 is 2.39 bits per heavy atom. The van der Waals surface area contributed by atoms with Gasteiger partial charge in [0.1, 0.15) is 11.8 Å². The molecule has 0 aromatic heterocycles. The molecule has 3 aromatic rings. The fourth-order valence-corrected chi connectivity index (χ4v) is 4.10. The van der Waals surface area contributed by atoms with Crippen molar-refractivity contribution in [3.63, 3.8) is 0 Å². The Morgan fingerprint density at radius 1 is 1.00 bits per heavy atom. The number of hydrogen-bond donors (Lipinski definition) is 1. The second-order valence-corrected chi connectivity index (χ2v) is 8.79. The molecule has 3 aromatic carbocycles. The Hall–Kier alpha value is -2.83. The van der Waals surface area contributed by atoms with E-state index >= 15 is 0 Å². The number of ether oxygens (including phenoxy) is 1. The van der Waals surface area contributed by atoms with Crippen LogP contribution in [-0.4, -0.2) is 35.9 Å². The largest absolute Gasteiger partial charge is 0.482 e. The van der Waals surface area contributed by atoms with E-state index in [-0.39, 0.29) is 25.0 Å². The molecule has 0 unspecified atom stereocenters. The van der Waals surface area contributed by atoms with Gasteiger partial charge in [0, 0.05) is 24.0 Å². The molecule has 0 radical (unpaired) electrons. The first-order chi connectivity index (χ1) is 16.0. The maximum Gasteiger partial charge on any atom is 0.261 e. The van der Waals surface area contributed by atoms with Crippen LogP contribution in [0.15, 0.2) is 83.3 Å². The molecule has 1 atom stereocenters. The van der Waals surface area contributed by atoms with E-state index < -0.39 is 6.04 Å². The number of amides is 2. The normalized spacial score (nSPS) is 11.5. The molecule has 3 rings (SSSR count). The molecular formula is C26H26BrClN2O3. The van der Waals surface area contributed by atoms with Gasteiger partial charge in [0.05, 0.1) is 5.02 Å². The van der Waals surface area contributed by atoms with Crippen molar-refractivity contribution in [1.82, 2.24) is 10.2 Å². The van der Waals surface area contributed by atoms with Crippen molar-refractivity contribution in [2.45, 2.75) is 25.9 Å². The Morgan fingerprint density at radius 2 is 1.70 bits per heavy atom. The SMILES string of the molecule is CCNC(=O)[C@H](Cc1ccccc1)N(Cc1cccc(Br)c1)C(=O)COc1ccccc1Cl. The average molecular weight is 530 g/mol. The zero-order valence-electron chi connectivity index (χ0n) is 18.3. The third-order valence-corrected chi connectivity index (χ3v) is 5.86. The van der Waals surface area contributed by atoms with Gasteiger partial charge in [0.15, 0.2) is 6.61 Å². The Balaban J connectivity index is 1.90. The first-order valence-corrected chi connectivity index (χ1v) is 11.9. The van der Waals surface area contributed by atoms with Crippen LogP contribution in [0.5, 0.6) is 5.75 Å². The van der Waals surface area contributed by atoms with E-state index in [9.17, 15) is 9.59 Å². The van der Waals surface area contributed by atoms with Gasteiger partial charge in [-0.25, -0.2) is 0 Å². The monoisotopic (exact) mass is 528 g/mol. The van der Waals surface area contributed by atoms with Crippen LogP contribution in [0.3, 0.4) is 0 Å². The van der Waals surface area contributed by atoms with Gasteiger partial charge in [0.25, 0.3) is 5.91 Å². The van der Waals surface area contributed by atoms with Crippen LogP contribution >= 0.6 is 27.5 Å². The maximum atomic E-state index is 13.4. The zero-order valence-corrected chi connectivity index (χ0v) is 20.7. The van der Waals surface area contributed by atoms with Crippen molar-refractivity contribution in [2.75, 3.05) is 13.2 Å². The summed E-state index contributed by atoms with van der Waals surface area (Å²) in [6, 6.07) is 23.7. The van der Waals surface area contributed by atoms with Crippen molar-refractivity contribution < 1.29 is 14.3 Å². The summed E-state index contributed by atoms with van der Waals surface area (Å²) in [4.78, 5) is 28.1. The number of hydrogen-bond acceptors (Lipinski definition) is 3. The first-order valence-electron chi connectivity index (χ1n) is 10.7. The predicted molar refractivity (Wildman–Crippen MR) is 134 cm³/mol. The molecule has 0 bridgehead atoms. The number of nitrogens with zero attached hydrogens (tertiary/aromatic N) is 1. The standard InChI is InChI=1S/C26H26BrClN2O3/c1-2-29-26(32)23(16-19-9-4-3-5-10-19)30(17-20-11-8-12-21(27)15-20)25(31)18-33-24-14-7-6-13-22(24)28/h3-15,23H,2,16-18H2,1H3,(H,29,32)/t23-/m0/s1. The van der Waals surface area contributed by atoms with Crippen molar-refractivity contribution >= 4 is 39.3 Å². The maximum absolute atomic E-state index is 13.4. The molecule has 1 N–H and O–H groups in total. The van der Waals surface area contributed by atoms with E-state index in [1.807, 2.05) is 61.5 Å². The second kappa shape index (κ2) is 12.4. The van der Waals surface area contributed by atoms with Gasteiger partial charge in [-0.15, -0.1) is 0 Å². The van der Waals surface area contributed by atoms with Crippen molar-refractivity contribution in [3.8, 4) is 5.75 Å². The minimum atomic E-state index is -0.700. The number of benzene rings is 3. The van der Waals surface area contributed by atoms with E-state index in [4.69, 9.17) is 16.3 Å². The number of para-hydroxylation sites is 1. The van der Waals surface area contributed by atoms with Crippen LogP contribution in [0.1, 0.15) is 18.1 Å². The smallest absolute Gasteiger partial charge is 0.261 e. The van der Waals surface area contributed by atoms with Gasteiger partial charge < -0.3 is 15.0 Å². The molecule has 0 aliphatic rings. The summed E-state index contributed by atoms with van der Waals surface area (Å²) >= 11 is 9.66. The van der Waals surface area contributed by atoms with E-state index in [0.29, 0.717) is 23.7 Å². The minimum Gasteiger partial charge on any atom is -0.482 e. The van der Waals surface area contributed by atoms with E-state index in [1.165, 1.54) is 0 Å². The van der Waals surface area contributed by atoms with Crippen molar-refractivity contribution in [2.24, 2.45) is 0 Å². The number of rotatable bonds is 10. The van der Waals surface area contributed by atoms with E-state index in [0.717, 1.165) is 15.6 Å². The topological polar surface area (TPSA) is 58.6 Å². The lowest BCUT2D eigenvalue weighted by Crippen LogP contribution is -2.51. The number of carbonyl (C=O) groups excluding carboxylic acids is 2. The summed E-state index contributed by atoms with van der Waals surface area (Å²) in [5.74, 6) is -0.0861. The molecule has 5 nitrogen and oxygen atoms in total. The first kappa shape index (κ1) is 24.8. The lowest BCUT2D eigenvalue weighted by molar-refractivity contribution is -0.142. The highest BCUT2D eigenvalue weighted by atomic mass is 79.9. The van der Waals surface area contributed by atoms with Gasteiger partial charge in [-0.2, -0.15) is 0 Å². The molecule has 0 heterocycles. The van der Waals surface area contributed by atoms with Gasteiger partial charge >= 0.3 is 0 Å². The molecule has 0 spiro atoms. The molecule has 172 valence electrons. The Kier molecular flexibility index (Phi) is 9.34. The van der Waals surface area contributed by atoms with Crippen LogP contribution in [0.4, 0.5) is 0 Å². The van der Waals surface area contributed by atoms with Gasteiger partial charge in [-0.1, -0.05) is 82.1 Å². The van der Waals surface area contributed by atoms with E-state index in [2.05, 4.69) is 21.2 Å². The lowest BCUT2D eigenvalue weighted by Gasteiger charge is -2.31. The van der Waals surface area contributed by atoms with Crippen molar-refractivity contribution in [1.29, 1.82) is 0 Å². The van der Waals surface area contributed by atoms with Crippen LogP contribution in [0.25, 0.3) is 0 Å². The summed E-state index contributed by atoms with van der Waals surface area (Å²) in [7, 11) is 0. The number of halogens is 2. The summed E-state index contributed by atoms with van der Waals surface area (Å²) in [5.41, 5.74) is 1.87. The molecule has 0 aliphatic heterocycles. The Labute approximate surface area is 207 Å². The molecule has 2 amide bonds. The molecule has 0 saturated heterocycles. The summed E-state index contributed by atoms with van der Waals surface area (Å²) in [6.07, 6.45) is 0.387. The fraction of sp³-hybridized carbons (Fsp3) is 0.231. The highest BCUT2D eigenvalue weighted by Crippen LogP contribution is 2.24. The Bertz CT molecular complexity index is 1080. The number of likely N-dealkylation sites (N-methyl/N-ethyl adjacent to an activating group) is 1. The third kappa shape index (κ3) is 7.34. The zero-order chi connectivity index (χ0) is 23.6. The van der Waals surface area contributed by atoms with Gasteiger partial charge in [-0.05, 0) is 42.3 Å². The third-order valence-electron chi connectivity index (χ3n) is 5.05. The number of carbonyl (C=O) groups is 2. The van der Waals surface area contributed by atoms with Crippen LogP contribution in [0, 0.1) is 0 Å². The summed E-state index contributed by atoms with van der Waals surface area (Å²) in [6.45, 7) is 2.36. The quantitative estimate of drug-likeness (QED) is 0.390. The van der Waals surface area contributed by atoms with E-state index in [1.54, 1.807) is 29.2 Å². The number of nitrogens with one attached hydrogen (secondary N) is 1.